The zero-order valence-corrected chi connectivity index (χ0v) is 14.4. The third-order valence-corrected chi connectivity index (χ3v) is 4.74. The van der Waals surface area contributed by atoms with Crippen LogP contribution in [0, 0.1) is 0 Å². The van der Waals surface area contributed by atoms with Gasteiger partial charge in [0.25, 0.3) is 5.91 Å². The van der Waals surface area contributed by atoms with E-state index in [4.69, 9.17) is 4.74 Å². The van der Waals surface area contributed by atoms with E-state index in [1.807, 2.05) is 22.7 Å². The van der Waals surface area contributed by atoms with Crippen molar-refractivity contribution < 1.29 is 9.53 Å². The number of nitrogens with zero attached hydrogens (tertiary/aromatic N) is 5. The molecule has 4 heterocycles. The molecule has 0 spiro atoms. The average molecular weight is 352 g/mol. The van der Waals surface area contributed by atoms with Gasteiger partial charge in [-0.1, -0.05) is 0 Å². The number of anilines is 1. The monoisotopic (exact) mass is 352 g/mol. The Bertz CT molecular complexity index is 897. The number of amides is 1. The van der Waals surface area contributed by atoms with E-state index >= 15 is 0 Å². The minimum absolute atomic E-state index is 0.0998. The van der Waals surface area contributed by atoms with E-state index in [-0.39, 0.29) is 18.1 Å². The minimum Gasteiger partial charge on any atom is -0.380 e. The lowest BCUT2D eigenvalue weighted by atomic mass is 10.2. The van der Waals surface area contributed by atoms with Crippen molar-refractivity contribution >= 4 is 17.2 Å². The maximum atomic E-state index is 12.5. The van der Waals surface area contributed by atoms with Crippen molar-refractivity contribution in [2.24, 2.45) is 0 Å². The highest BCUT2D eigenvalue weighted by molar-refractivity contribution is 5.95. The molecule has 8 nitrogen and oxygen atoms in total. The number of pyridine rings is 1. The Balaban J connectivity index is 1.45. The quantitative estimate of drug-likeness (QED) is 0.741. The third kappa shape index (κ3) is 3.23. The van der Waals surface area contributed by atoms with Gasteiger partial charge in [-0.25, -0.2) is 15.0 Å². The summed E-state index contributed by atoms with van der Waals surface area (Å²) in [4.78, 5) is 27.1. The number of methoxy groups -OCH3 is 1. The van der Waals surface area contributed by atoms with Crippen molar-refractivity contribution in [3.8, 4) is 0 Å². The number of ether oxygens (including phenoxy) is 1. The first-order valence-electron chi connectivity index (χ1n) is 8.50. The van der Waals surface area contributed by atoms with Crippen LogP contribution in [0.5, 0.6) is 0 Å². The van der Waals surface area contributed by atoms with E-state index < -0.39 is 0 Å². The first-order chi connectivity index (χ1) is 12.7. The Morgan fingerprint density at radius 1 is 1.38 bits per heavy atom. The average Bonchev–Trinajstić information content (AvgIpc) is 3.32. The summed E-state index contributed by atoms with van der Waals surface area (Å²) >= 11 is 0. The molecule has 0 aliphatic carbocycles. The van der Waals surface area contributed by atoms with Gasteiger partial charge in [-0.15, -0.1) is 0 Å². The van der Waals surface area contributed by atoms with Crippen LogP contribution in [0.2, 0.25) is 0 Å². The number of imidazole rings is 1. The zero-order valence-electron chi connectivity index (χ0n) is 14.4. The van der Waals surface area contributed by atoms with Crippen LogP contribution in [0.25, 0.3) is 5.52 Å². The molecule has 26 heavy (non-hydrogen) atoms. The van der Waals surface area contributed by atoms with Gasteiger partial charge < -0.3 is 19.4 Å². The number of aromatic nitrogens is 4. The van der Waals surface area contributed by atoms with Crippen LogP contribution in [0.15, 0.2) is 49.4 Å². The summed E-state index contributed by atoms with van der Waals surface area (Å²) in [6, 6.07) is 5.62. The zero-order chi connectivity index (χ0) is 17.9. The Hall–Kier alpha value is -3.00. The highest BCUT2D eigenvalue weighted by atomic mass is 16.5. The molecule has 4 rings (SSSR count). The first-order valence-corrected chi connectivity index (χ1v) is 8.50. The summed E-state index contributed by atoms with van der Waals surface area (Å²) in [7, 11) is 1.71. The van der Waals surface area contributed by atoms with E-state index in [0.29, 0.717) is 12.1 Å². The molecule has 0 bridgehead atoms. The van der Waals surface area contributed by atoms with Gasteiger partial charge in [-0.05, 0) is 24.6 Å². The molecule has 1 fully saturated rings. The van der Waals surface area contributed by atoms with Crippen LogP contribution in [0.3, 0.4) is 0 Å². The lowest BCUT2D eigenvalue weighted by Gasteiger charge is -2.25. The second kappa shape index (κ2) is 7.09. The molecule has 0 saturated carbocycles. The SMILES string of the molecule is CO[C@@H]1C[C@H](CNC(=O)c2ccn3cncc3c2)N(c2ccncn2)C1. The van der Waals surface area contributed by atoms with Gasteiger partial charge in [0.1, 0.15) is 12.1 Å². The number of rotatable bonds is 5. The fourth-order valence-corrected chi connectivity index (χ4v) is 3.35. The maximum absolute atomic E-state index is 12.5. The molecular formula is C18H20N6O2. The van der Waals surface area contributed by atoms with E-state index in [1.165, 1.54) is 6.33 Å². The molecule has 8 heteroatoms. The molecule has 0 aromatic carbocycles. The highest BCUT2D eigenvalue weighted by Gasteiger charge is 2.33. The Morgan fingerprint density at radius 3 is 3.12 bits per heavy atom. The van der Waals surface area contributed by atoms with Gasteiger partial charge in [0, 0.05) is 38.2 Å². The van der Waals surface area contributed by atoms with Crippen molar-refractivity contribution in [1.29, 1.82) is 0 Å². The summed E-state index contributed by atoms with van der Waals surface area (Å²) in [6.45, 7) is 1.27. The van der Waals surface area contributed by atoms with Gasteiger partial charge in [-0.2, -0.15) is 0 Å². The van der Waals surface area contributed by atoms with Gasteiger partial charge in [-0.3, -0.25) is 4.79 Å². The topological polar surface area (TPSA) is 84.6 Å². The van der Waals surface area contributed by atoms with Gasteiger partial charge in [0.15, 0.2) is 0 Å². The molecule has 3 aromatic heterocycles. The molecule has 1 N–H and O–H groups in total. The van der Waals surface area contributed by atoms with E-state index in [1.54, 1.807) is 31.9 Å². The molecule has 1 amide bonds. The highest BCUT2D eigenvalue weighted by Crippen LogP contribution is 2.24. The summed E-state index contributed by atoms with van der Waals surface area (Å²) < 4.78 is 7.39. The van der Waals surface area contributed by atoms with Crippen molar-refractivity contribution in [3.05, 3.63) is 55.0 Å². The molecule has 1 aliphatic rings. The minimum atomic E-state index is -0.0998. The molecular weight excluding hydrogens is 332 g/mol. The van der Waals surface area contributed by atoms with Crippen LogP contribution >= 0.6 is 0 Å². The molecule has 1 aliphatic heterocycles. The number of fused-ring (bicyclic) bond motifs is 1. The van der Waals surface area contributed by atoms with Crippen LogP contribution in [-0.4, -0.2) is 57.6 Å². The fraction of sp³-hybridized carbons (Fsp3) is 0.333. The molecule has 0 unspecified atom stereocenters. The van der Waals surface area contributed by atoms with Crippen molar-refractivity contribution in [3.63, 3.8) is 0 Å². The van der Waals surface area contributed by atoms with Gasteiger partial charge in [0.05, 0.1) is 30.2 Å². The second-order valence-corrected chi connectivity index (χ2v) is 6.32. The van der Waals surface area contributed by atoms with Crippen LogP contribution in [0.4, 0.5) is 5.82 Å². The Kier molecular flexibility index (Phi) is 4.49. The van der Waals surface area contributed by atoms with Crippen LogP contribution in [-0.2, 0) is 4.74 Å². The van der Waals surface area contributed by atoms with Gasteiger partial charge in [0.2, 0.25) is 0 Å². The third-order valence-electron chi connectivity index (χ3n) is 4.74. The van der Waals surface area contributed by atoms with E-state index in [2.05, 4.69) is 25.2 Å². The summed E-state index contributed by atoms with van der Waals surface area (Å²) in [5.41, 5.74) is 1.51. The number of carbonyl (C=O) groups is 1. The van der Waals surface area contributed by atoms with Crippen molar-refractivity contribution in [2.75, 3.05) is 25.1 Å². The fourth-order valence-electron chi connectivity index (χ4n) is 3.35. The van der Waals surface area contributed by atoms with E-state index in [0.717, 1.165) is 24.3 Å². The molecule has 134 valence electrons. The number of hydrogen-bond acceptors (Lipinski definition) is 6. The molecule has 1 saturated heterocycles. The number of nitrogens with one attached hydrogen (secondary N) is 1. The first kappa shape index (κ1) is 16.5. The molecule has 3 aromatic rings. The van der Waals surface area contributed by atoms with Crippen LogP contribution in [0.1, 0.15) is 16.8 Å². The largest absolute Gasteiger partial charge is 0.380 e. The Morgan fingerprint density at radius 2 is 2.31 bits per heavy atom. The van der Waals surface area contributed by atoms with E-state index in [9.17, 15) is 4.79 Å². The predicted molar refractivity (Wildman–Crippen MR) is 96.1 cm³/mol. The van der Waals surface area contributed by atoms with Gasteiger partial charge >= 0.3 is 0 Å². The number of carbonyl (C=O) groups excluding carboxylic acids is 1. The summed E-state index contributed by atoms with van der Waals surface area (Å²) in [5.74, 6) is 0.747. The maximum Gasteiger partial charge on any atom is 0.251 e. The predicted octanol–water partition coefficient (Wildman–Crippen LogP) is 1.15. The second-order valence-electron chi connectivity index (χ2n) is 6.32. The lowest BCUT2D eigenvalue weighted by molar-refractivity contribution is 0.0946. The van der Waals surface area contributed by atoms with Crippen molar-refractivity contribution in [2.45, 2.75) is 18.6 Å². The van der Waals surface area contributed by atoms with Crippen molar-refractivity contribution in [1.82, 2.24) is 24.7 Å². The van der Waals surface area contributed by atoms with Crippen LogP contribution < -0.4 is 10.2 Å². The molecule has 0 radical (unpaired) electrons. The Labute approximate surface area is 150 Å². The standard InChI is InChI=1S/C18H20N6O2/c1-26-16-7-15(24(10-16)17-2-4-19-11-22-17)9-21-18(25)13-3-5-23-12-20-8-14(23)6-13/h2-6,8,11-12,15-16H,7,9-10H2,1H3,(H,21,25)/t15-,16-/m1/s1. The smallest absolute Gasteiger partial charge is 0.251 e. The number of hydrogen-bond donors (Lipinski definition) is 1. The lowest BCUT2D eigenvalue weighted by Crippen LogP contribution is -2.40. The summed E-state index contributed by atoms with van der Waals surface area (Å²) in [5, 5.41) is 3.03. The summed E-state index contributed by atoms with van der Waals surface area (Å²) in [6.07, 6.45) is 9.48. The normalized spacial score (nSPS) is 19.8. The molecule has 2 atom stereocenters.